The average Bonchev–Trinajstić information content (AvgIpc) is 3.01. The fourth-order valence-corrected chi connectivity index (χ4v) is 3.34. The number of hydrogen-bond acceptors (Lipinski definition) is 3. The van der Waals surface area contributed by atoms with E-state index in [9.17, 15) is 13.6 Å². The van der Waals surface area contributed by atoms with Crippen molar-refractivity contribution < 1.29 is 18.3 Å². The summed E-state index contributed by atoms with van der Waals surface area (Å²) in [6.07, 6.45) is 1.78. The summed E-state index contributed by atoms with van der Waals surface area (Å²) in [5.74, 6) is -0.204. The van der Waals surface area contributed by atoms with Crippen LogP contribution < -0.4 is 10.1 Å². The number of pyridine rings is 1. The maximum absolute atomic E-state index is 12.4. The summed E-state index contributed by atoms with van der Waals surface area (Å²) in [5, 5.41) is 3.70. The van der Waals surface area contributed by atoms with Gasteiger partial charge >= 0.3 is 6.61 Å². The van der Waals surface area contributed by atoms with Gasteiger partial charge in [-0.15, -0.1) is 0 Å². The average molecular weight is 357 g/mol. The van der Waals surface area contributed by atoms with Gasteiger partial charge in [-0.2, -0.15) is 13.8 Å². The molecule has 1 aliphatic heterocycles. The van der Waals surface area contributed by atoms with Crippen LogP contribution in [-0.4, -0.2) is 29.0 Å². The molecule has 0 radical (unpaired) electrons. The zero-order valence-corrected chi connectivity index (χ0v) is 14.3. The largest absolute Gasteiger partial charge is 0.417 e. The molecular formula is C19H17F2N3O2. The Morgan fingerprint density at radius 2 is 2.00 bits per heavy atom. The minimum Gasteiger partial charge on any atom is -0.417 e. The minimum absolute atomic E-state index is 0.0692. The first-order chi connectivity index (χ1) is 12.3. The second kappa shape index (κ2) is 5.79. The molecule has 7 heteroatoms. The van der Waals surface area contributed by atoms with Crippen molar-refractivity contribution in [3.63, 3.8) is 0 Å². The lowest BCUT2D eigenvalue weighted by Crippen LogP contribution is -2.43. The molecule has 1 aliphatic rings. The summed E-state index contributed by atoms with van der Waals surface area (Å²) in [4.78, 5) is 19.2. The van der Waals surface area contributed by atoms with Crippen LogP contribution in [0.3, 0.4) is 0 Å². The third-order valence-electron chi connectivity index (χ3n) is 4.72. The first-order valence-electron chi connectivity index (χ1n) is 8.21. The van der Waals surface area contributed by atoms with E-state index >= 15 is 0 Å². The number of alkyl halides is 2. The van der Waals surface area contributed by atoms with Crippen molar-refractivity contribution >= 4 is 16.9 Å². The molecule has 0 aliphatic carbocycles. The van der Waals surface area contributed by atoms with Crippen LogP contribution in [0.5, 0.6) is 5.88 Å². The van der Waals surface area contributed by atoms with Gasteiger partial charge in [0.2, 0.25) is 5.88 Å². The van der Waals surface area contributed by atoms with Gasteiger partial charge in [0.15, 0.2) is 0 Å². The highest BCUT2D eigenvalue weighted by molar-refractivity contribution is 5.99. The molecule has 134 valence electrons. The van der Waals surface area contributed by atoms with Crippen LogP contribution in [0.1, 0.15) is 29.8 Å². The second-order valence-corrected chi connectivity index (χ2v) is 6.95. The molecule has 4 rings (SSSR count). The van der Waals surface area contributed by atoms with Crippen molar-refractivity contribution in [3.05, 3.63) is 47.7 Å². The quantitative estimate of drug-likeness (QED) is 0.748. The predicted molar refractivity (Wildman–Crippen MR) is 93.5 cm³/mol. The zero-order chi connectivity index (χ0) is 18.5. The number of aromatic nitrogens is 2. The van der Waals surface area contributed by atoms with E-state index < -0.39 is 6.61 Å². The molecule has 26 heavy (non-hydrogen) atoms. The fraction of sp³-hybridized carbons (Fsp3) is 0.263. The molecule has 0 saturated heterocycles. The molecule has 3 heterocycles. The number of halogens is 2. The molecule has 1 aromatic carbocycles. The van der Waals surface area contributed by atoms with Crippen LogP contribution in [0.4, 0.5) is 8.78 Å². The highest BCUT2D eigenvalue weighted by atomic mass is 19.3. The van der Waals surface area contributed by atoms with Crippen LogP contribution in [0.15, 0.2) is 36.5 Å². The Balaban J connectivity index is 1.80. The van der Waals surface area contributed by atoms with Crippen LogP contribution in [-0.2, 0) is 5.41 Å². The van der Waals surface area contributed by atoms with E-state index in [0.717, 1.165) is 22.1 Å². The zero-order valence-electron chi connectivity index (χ0n) is 14.3. The first-order valence-corrected chi connectivity index (χ1v) is 8.21. The van der Waals surface area contributed by atoms with E-state index in [1.54, 1.807) is 12.3 Å². The number of hydrogen-bond donors (Lipinski definition) is 2. The number of rotatable bonds is 3. The molecule has 0 fully saturated rings. The molecule has 2 N–H and O–H groups in total. The molecular weight excluding hydrogens is 340 g/mol. The van der Waals surface area contributed by atoms with E-state index in [1.807, 2.05) is 18.2 Å². The molecule has 3 aromatic rings. The topological polar surface area (TPSA) is 67.0 Å². The number of H-pyrrole nitrogens is 1. The Kier molecular flexibility index (Phi) is 3.68. The van der Waals surface area contributed by atoms with Gasteiger partial charge in [-0.25, -0.2) is 0 Å². The number of nitrogens with zero attached hydrogens (tertiary/aromatic N) is 1. The van der Waals surface area contributed by atoms with Gasteiger partial charge in [0.25, 0.3) is 5.91 Å². The van der Waals surface area contributed by atoms with Gasteiger partial charge in [0.05, 0.1) is 0 Å². The Morgan fingerprint density at radius 1 is 1.19 bits per heavy atom. The Hall–Kier alpha value is -2.96. The van der Waals surface area contributed by atoms with Gasteiger partial charge in [-0.1, -0.05) is 19.9 Å². The number of carbonyl (C=O) groups excluding carboxylic acids is 1. The SMILES string of the molecule is CC1(C)CNC(=O)c2ccc(-c3c[nH]c4nc(OC(F)F)ccc34)cc21. The maximum atomic E-state index is 12.4. The lowest BCUT2D eigenvalue weighted by atomic mass is 9.78. The van der Waals surface area contributed by atoms with Crippen molar-refractivity contribution in [1.29, 1.82) is 0 Å². The van der Waals surface area contributed by atoms with E-state index in [-0.39, 0.29) is 17.2 Å². The summed E-state index contributed by atoms with van der Waals surface area (Å²) in [6.45, 7) is 1.83. The Bertz CT molecular complexity index is 1010. The number of amides is 1. The van der Waals surface area contributed by atoms with Gasteiger partial charge in [0, 0.05) is 40.7 Å². The van der Waals surface area contributed by atoms with Crippen molar-refractivity contribution in [2.45, 2.75) is 25.9 Å². The highest BCUT2D eigenvalue weighted by Gasteiger charge is 2.31. The number of aromatic amines is 1. The van der Waals surface area contributed by atoms with Gasteiger partial charge in [0.1, 0.15) is 5.65 Å². The van der Waals surface area contributed by atoms with Crippen LogP contribution in [0, 0.1) is 0 Å². The number of ether oxygens (including phenoxy) is 1. The Labute approximate surface area is 148 Å². The lowest BCUT2D eigenvalue weighted by Gasteiger charge is -2.32. The van der Waals surface area contributed by atoms with E-state index in [0.29, 0.717) is 17.8 Å². The third-order valence-corrected chi connectivity index (χ3v) is 4.72. The highest BCUT2D eigenvalue weighted by Crippen LogP contribution is 2.35. The molecule has 0 saturated carbocycles. The van der Waals surface area contributed by atoms with Crippen molar-refractivity contribution in [3.8, 4) is 17.0 Å². The predicted octanol–water partition coefficient (Wildman–Crippen LogP) is 3.85. The smallest absolute Gasteiger partial charge is 0.388 e. The van der Waals surface area contributed by atoms with Gasteiger partial charge in [-0.3, -0.25) is 4.79 Å². The number of fused-ring (bicyclic) bond motifs is 2. The fourth-order valence-electron chi connectivity index (χ4n) is 3.34. The summed E-state index contributed by atoms with van der Waals surface area (Å²) in [5.41, 5.74) is 3.77. The van der Waals surface area contributed by atoms with Crippen LogP contribution >= 0.6 is 0 Å². The van der Waals surface area contributed by atoms with Crippen molar-refractivity contribution in [1.82, 2.24) is 15.3 Å². The number of benzene rings is 1. The molecule has 2 aromatic heterocycles. The molecule has 5 nitrogen and oxygen atoms in total. The molecule has 0 spiro atoms. The summed E-state index contributed by atoms with van der Waals surface area (Å²) >= 11 is 0. The second-order valence-electron chi connectivity index (χ2n) is 6.95. The molecule has 1 amide bonds. The standard InChI is InChI=1S/C19H17F2N3O2/c1-19(2)9-23-17(25)12-4-3-10(7-14(12)19)13-8-22-16-11(13)5-6-15(24-16)26-18(20)21/h3-8,18H,9H2,1-2H3,(H,22,24)(H,23,25). The first kappa shape index (κ1) is 16.5. The number of nitrogens with one attached hydrogen (secondary N) is 2. The van der Waals surface area contributed by atoms with E-state index in [2.05, 4.69) is 33.9 Å². The maximum Gasteiger partial charge on any atom is 0.388 e. The lowest BCUT2D eigenvalue weighted by molar-refractivity contribution is -0.0526. The van der Waals surface area contributed by atoms with Crippen molar-refractivity contribution in [2.24, 2.45) is 0 Å². The number of carbonyl (C=O) groups is 1. The summed E-state index contributed by atoms with van der Waals surface area (Å²) in [7, 11) is 0. The third kappa shape index (κ3) is 2.69. The normalized spacial score (nSPS) is 15.8. The van der Waals surface area contributed by atoms with E-state index in [4.69, 9.17) is 0 Å². The van der Waals surface area contributed by atoms with Crippen LogP contribution in [0.2, 0.25) is 0 Å². The van der Waals surface area contributed by atoms with E-state index in [1.165, 1.54) is 6.07 Å². The van der Waals surface area contributed by atoms with Crippen LogP contribution in [0.25, 0.3) is 22.2 Å². The monoisotopic (exact) mass is 357 g/mol. The molecule has 0 atom stereocenters. The van der Waals surface area contributed by atoms with Gasteiger partial charge in [-0.05, 0) is 29.3 Å². The van der Waals surface area contributed by atoms with Gasteiger partial charge < -0.3 is 15.0 Å². The molecule has 0 bridgehead atoms. The molecule has 0 unspecified atom stereocenters. The summed E-state index contributed by atoms with van der Waals surface area (Å²) < 4.78 is 29.0. The minimum atomic E-state index is -2.91. The van der Waals surface area contributed by atoms with Crippen molar-refractivity contribution in [2.75, 3.05) is 6.54 Å². The Morgan fingerprint density at radius 3 is 2.77 bits per heavy atom. The summed E-state index contributed by atoms with van der Waals surface area (Å²) in [6, 6.07) is 8.83.